The molecule has 9 nitrogen and oxygen atoms in total. The second-order valence-electron chi connectivity index (χ2n) is 7.08. The van der Waals surface area contributed by atoms with Crippen molar-refractivity contribution in [1.29, 1.82) is 5.26 Å². The number of likely N-dealkylation sites (tertiary alicyclic amines) is 1. The Morgan fingerprint density at radius 3 is 2.94 bits per heavy atom. The van der Waals surface area contributed by atoms with E-state index >= 15 is 0 Å². The van der Waals surface area contributed by atoms with Gasteiger partial charge >= 0.3 is 6.01 Å². The highest BCUT2D eigenvalue weighted by Gasteiger charge is 2.35. The van der Waals surface area contributed by atoms with Gasteiger partial charge in [0.1, 0.15) is 10.3 Å². The molecule has 2 aromatic heterocycles. The number of rotatable bonds is 7. The van der Waals surface area contributed by atoms with Gasteiger partial charge in [0.25, 0.3) is 10.0 Å². The van der Waals surface area contributed by atoms with Gasteiger partial charge in [-0.05, 0) is 42.3 Å². The summed E-state index contributed by atoms with van der Waals surface area (Å²) in [7, 11) is -2.43. The number of nitrogens with one attached hydrogen (secondary N) is 1. The van der Waals surface area contributed by atoms with Crippen LogP contribution in [0.3, 0.4) is 0 Å². The highest BCUT2D eigenvalue weighted by molar-refractivity contribution is 7.91. The summed E-state index contributed by atoms with van der Waals surface area (Å²) >= 11 is 1.05. The number of ether oxygens (including phenoxy) is 1. The molecule has 1 saturated heterocycles. The Morgan fingerprint density at radius 2 is 2.16 bits per heavy atom. The highest BCUT2D eigenvalue weighted by Crippen LogP contribution is 2.30. The second-order valence-corrected chi connectivity index (χ2v) is 10.1. The molecule has 0 spiro atoms. The molecule has 0 unspecified atom stereocenters. The zero-order valence-electron chi connectivity index (χ0n) is 17.1. The maximum Gasteiger partial charge on any atom is 0.316 e. The summed E-state index contributed by atoms with van der Waals surface area (Å²) in [6.45, 7) is 0.754. The van der Waals surface area contributed by atoms with Gasteiger partial charge in [-0.25, -0.2) is 13.4 Å². The van der Waals surface area contributed by atoms with E-state index < -0.39 is 16.1 Å². The molecule has 0 aliphatic carbocycles. The molecule has 32 heavy (non-hydrogen) atoms. The average molecular weight is 470 g/mol. The third-order valence-electron chi connectivity index (χ3n) is 4.94. The number of carbonyl (C=O) groups excluding carboxylic acids is 1. The Hall–Kier alpha value is -3.33. The first-order chi connectivity index (χ1) is 15.4. The summed E-state index contributed by atoms with van der Waals surface area (Å²) in [5.41, 5.74) is 1.89. The molecule has 1 N–H and O–H groups in total. The van der Waals surface area contributed by atoms with Crippen LogP contribution in [-0.2, 0) is 21.4 Å². The number of hydrogen-bond donors (Lipinski definition) is 1. The molecule has 1 aromatic carbocycles. The predicted octanol–water partition coefficient (Wildman–Crippen LogP) is 2.16. The Balaban J connectivity index is 1.45. The minimum atomic E-state index is -3.88. The number of sulfonamides is 1. The molecular weight excluding hydrogens is 450 g/mol. The summed E-state index contributed by atoms with van der Waals surface area (Å²) in [4.78, 5) is 23.2. The van der Waals surface area contributed by atoms with Crippen LogP contribution in [0.4, 0.5) is 0 Å². The van der Waals surface area contributed by atoms with Crippen molar-refractivity contribution in [3.8, 4) is 22.7 Å². The fraction of sp³-hybridized carbons (Fsp3) is 0.238. The molecule has 1 amide bonds. The van der Waals surface area contributed by atoms with Crippen LogP contribution in [0.15, 0.2) is 52.9 Å². The van der Waals surface area contributed by atoms with Crippen molar-refractivity contribution in [1.82, 2.24) is 19.6 Å². The molecule has 1 aliphatic rings. The van der Waals surface area contributed by atoms with E-state index in [9.17, 15) is 13.2 Å². The SMILES string of the molecule is COc1nccc(-c2ccc(S(=O)(=O)N[C@H]3CCN(Cc4cccc(C#N)c4)C3=O)s2)n1. The van der Waals surface area contributed by atoms with Gasteiger partial charge in [0.05, 0.1) is 29.3 Å². The Labute approximate surface area is 189 Å². The summed E-state index contributed by atoms with van der Waals surface area (Å²) in [5, 5.41) is 9.03. The number of thiophene rings is 1. The molecule has 3 aromatic rings. The van der Waals surface area contributed by atoms with Crippen molar-refractivity contribution in [2.45, 2.75) is 23.2 Å². The third-order valence-corrected chi connectivity index (χ3v) is 8.01. The Kier molecular flexibility index (Phi) is 6.18. The molecule has 164 valence electrons. The maximum atomic E-state index is 12.9. The van der Waals surface area contributed by atoms with Gasteiger partial charge in [0, 0.05) is 19.3 Å². The molecule has 0 saturated carbocycles. The van der Waals surface area contributed by atoms with Crippen LogP contribution >= 0.6 is 11.3 Å². The van der Waals surface area contributed by atoms with E-state index in [2.05, 4.69) is 20.8 Å². The number of aromatic nitrogens is 2. The van der Waals surface area contributed by atoms with Crippen molar-refractivity contribution in [2.75, 3.05) is 13.7 Å². The number of carbonyl (C=O) groups is 1. The normalized spacial score (nSPS) is 16.2. The van der Waals surface area contributed by atoms with Crippen molar-refractivity contribution >= 4 is 27.3 Å². The van der Waals surface area contributed by atoms with Crippen LogP contribution in [0.1, 0.15) is 17.5 Å². The summed E-state index contributed by atoms with van der Waals surface area (Å²) in [5.74, 6) is -0.284. The average Bonchev–Trinajstić information content (AvgIpc) is 3.43. The van der Waals surface area contributed by atoms with E-state index in [4.69, 9.17) is 10.00 Å². The lowest BCUT2D eigenvalue weighted by Crippen LogP contribution is -2.41. The lowest BCUT2D eigenvalue weighted by molar-refractivity contribution is -0.129. The first-order valence-corrected chi connectivity index (χ1v) is 12.0. The molecule has 1 atom stereocenters. The fourth-order valence-corrected chi connectivity index (χ4v) is 5.91. The van der Waals surface area contributed by atoms with Crippen LogP contribution in [0.2, 0.25) is 0 Å². The quantitative estimate of drug-likeness (QED) is 0.562. The van der Waals surface area contributed by atoms with Crippen molar-refractivity contribution < 1.29 is 17.9 Å². The van der Waals surface area contributed by atoms with Gasteiger partial charge in [-0.1, -0.05) is 12.1 Å². The minimum absolute atomic E-state index is 0.0954. The zero-order valence-corrected chi connectivity index (χ0v) is 18.7. The number of methoxy groups -OCH3 is 1. The summed E-state index contributed by atoms with van der Waals surface area (Å²) in [6.07, 6.45) is 1.91. The molecule has 1 aliphatic heterocycles. The van der Waals surface area contributed by atoms with E-state index in [1.807, 2.05) is 6.07 Å². The predicted molar refractivity (Wildman–Crippen MR) is 117 cm³/mol. The summed E-state index contributed by atoms with van der Waals surface area (Å²) < 4.78 is 33.4. The molecule has 4 rings (SSSR count). The highest BCUT2D eigenvalue weighted by atomic mass is 32.2. The number of benzene rings is 1. The number of nitriles is 1. The monoisotopic (exact) mass is 469 g/mol. The van der Waals surface area contributed by atoms with Crippen LogP contribution in [-0.4, -0.2) is 48.9 Å². The van der Waals surface area contributed by atoms with Gasteiger partial charge < -0.3 is 9.64 Å². The molecule has 11 heteroatoms. The molecule has 0 bridgehead atoms. The summed E-state index contributed by atoms with van der Waals surface area (Å²) in [6, 6.07) is 13.3. The van der Waals surface area contributed by atoms with Crippen LogP contribution < -0.4 is 9.46 Å². The lowest BCUT2D eigenvalue weighted by Gasteiger charge is -2.17. The van der Waals surface area contributed by atoms with Crippen LogP contribution in [0.5, 0.6) is 6.01 Å². The number of hydrogen-bond acceptors (Lipinski definition) is 8. The van der Waals surface area contributed by atoms with E-state index in [0.29, 0.717) is 35.6 Å². The van der Waals surface area contributed by atoms with Crippen LogP contribution in [0, 0.1) is 11.3 Å². The standard InChI is InChI=1S/C21H19N5O4S2/c1-30-21-23-9-7-16(24-21)18-5-6-19(31-18)32(28,29)25-17-8-10-26(20(17)27)13-15-4-2-3-14(11-15)12-22/h2-7,9,11,17,25H,8,10,13H2,1H3/t17-/m0/s1. The van der Waals surface area contributed by atoms with Gasteiger partial charge in [-0.15, -0.1) is 11.3 Å². The van der Waals surface area contributed by atoms with Gasteiger partial charge in [-0.2, -0.15) is 15.0 Å². The largest absolute Gasteiger partial charge is 0.467 e. The minimum Gasteiger partial charge on any atom is -0.467 e. The van der Waals surface area contributed by atoms with E-state index in [1.54, 1.807) is 35.2 Å². The van der Waals surface area contributed by atoms with Gasteiger partial charge in [-0.3, -0.25) is 4.79 Å². The van der Waals surface area contributed by atoms with Crippen molar-refractivity contribution in [3.63, 3.8) is 0 Å². The second kappa shape index (κ2) is 9.04. The lowest BCUT2D eigenvalue weighted by atomic mass is 10.1. The first kappa shape index (κ1) is 21.9. The first-order valence-electron chi connectivity index (χ1n) is 9.67. The molecule has 3 heterocycles. The van der Waals surface area contributed by atoms with Crippen molar-refractivity contribution in [3.05, 3.63) is 59.8 Å². The van der Waals surface area contributed by atoms with Crippen molar-refractivity contribution in [2.24, 2.45) is 0 Å². The Bertz CT molecular complexity index is 1300. The van der Waals surface area contributed by atoms with Gasteiger partial charge in [0.15, 0.2) is 0 Å². The van der Waals surface area contributed by atoms with E-state index in [-0.39, 0.29) is 16.1 Å². The number of nitrogens with zero attached hydrogens (tertiary/aromatic N) is 4. The molecular formula is C21H19N5O4S2. The third kappa shape index (κ3) is 4.62. The fourth-order valence-electron chi connectivity index (χ4n) is 3.39. The zero-order chi connectivity index (χ0) is 22.7. The number of amides is 1. The van der Waals surface area contributed by atoms with E-state index in [0.717, 1.165) is 16.9 Å². The van der Waals surface area contributed by atoms with E-state index in [1.165, 1.54) is 19.4 Å². The molecule has 0 radical (unpaired) electrons. The van der Waals surface area contributed by atoms with Crippen LogP contribution in [0.25, 0.3) is 10.6 Å². The molecule has 1 fully saturated rings. The van der Waals surface area contributed by atoms with Gasteiger partial charge in [0.2, 0.25) is 5.91 Å². The topological polar surface area (TPSA) is 125 Å². The maximum absolute atomic E-state index is 12.9. The Morgan fingerprint density at radius 1 is 1.31 bits per heavy atom. The smallest absolute Gasteiger partial charge is 0.316 e.